The van der Waals surface area contributed by atoms with E-state index >= 15 is 0 Å². The van der Waals surface area contributed by atoms with E-state index in [2.05, 4.69) is 5.32 Å². The summed E-state index contributed by atoms with van der Waals surface area (Å²) in [5.41, 5.74) is 0.942. The largest absolute Gasteiger partial charge is 0.354 e. The molecule has 0 saturated carbocycles. The molecular weight excluding hydrogens is 288 g/mol. The van der Waals surface area contributed by atoms with Crippen LogP contribution in [0.2, 0.25) is 0 Å². The van der Waals surface area contributed by atoms with Gasteiger partial charge in [-0.15, -0.1) is 0 Å². The van der Waals surface area contributed by atoms with E-state index < -0.39 is 10.0 Å². The molecule has 1 aromatic rings. The van der Waals surface area contributed by atoms with Crippen LogP contribution in [0.25, 0.3) is 0 Å². The molecule has 0 fully saturated rings. The first-order valence-electron chi connectivity index (χ1n) is 7.05. The van der Waals surface area contributed by atoms with Gasteiger partial charge in [-0.25, -0.2) is 12.7 Å². The Balaban J connectivity index is 2.42. The van der Waals surface area contributed by atoms with E-state index in [1.807, 2.05) is 44.2 Å². The maximum absolute atomic E-state index is 11.8. The van der Waals surface area contributed by atoms with E-state index in [4.69, 9.17) is 0 Å². The molecule has 0 atom stereocenters. The molecule has 1 aromatic carbocycles. The van der Waals surface area contributed by atoms with Crippen molar-refractivity contribution in [1.82, 2.24) is 9.62 Å². The maximum Gasteiger partial charge on any atom is 0.224 e. The van der Waals surface area contributed by atoms with E-state index in [-0.39, 0.29) is 11.8 Å². The van der Waals surface area contributed by atoms with Gasteiger partial charge in [0, 0.05) is 19.6 Å². The van der Waals surface area contributed by atoms with Crippen LogP contribution in [0.4, 0.5) is 0 Å². The molecule has 6 heteroatoms. The van der Waals surface area contributed by atoms with Gasteiger partial charge in [0.05, 0.1) is 12.7 Å². The second-order valence-corrected chi connectivity index (χ2v) is 7.51. The summed E-state index contributed by atoms with van der Waals surface area (Å²) >= 11 is 0. The number of nitrogens with zero attached hydrogens (tertiary/aromatic N) is 1. The third-order valence-corrected chi connectivity index (χ3v) is 4.20. The Morgan fingerprint density at radius 1 is 1.24 bits per heavy atom. The predicted molar refractivity (Wildman–Crippen MR) is 84.4 cm³/mol. The third kappa shape index (κ3) is 7.24. The van der Waals surface area contributed by atoms with Gasteiger partial charge >= 0.3 is 0 Å². The SMILES string of the molecule is CC(C)CN(CCNC(=O)Cc1ccccc1)S(C)(=O)=O. The van der Waals surface area contributed by atoms with Gasteiger partial charge in [-0.1, -0.05) is 44.2 Å². The first-order chi connectivity index (χ1) is 9.79. The molecule has 0 unspecified atom stereocenters. The zero-order chi connectivity index (χ0) is 15.9. The zero-order valence-electron chi connectivity index (χ0n) is 12.9. The molecule has 0 heterocycles. The maximum atomic E-state index is 11.8. The molecule has 118 valence electrons. The lowest BCUT2D eigenvalue weighted by Crippen LogP contribution is -2.40. The van der Waals surface area contributed by atoms with Crippen molar-refractivity contribution in [2.45, 2.75) is 20.3 Å². The van der Waals surface area contributed by atoms with Gasteiger partial charge in [0.25, 0.3) is 0 Å². The van der Waals surface area contributed by atoms with Gasteiger partial charge in [0.1, 0.15) is 0 Å². The summed E-state index contributed by atoms with van der Waals surface area (Å²) in [7, 11) is -3.23. The number of hydrogen-bond acceptors (Lipinski definition) is 3. The zero-order valence-corrected chi connectivity index (χ0v) is 13.7. The predicted octanol–water partition coefficient (Wildman–Crippen LogP) is 1.26. The van der Waals surface area contributed by atoms with E-state index in [0.29, 0.717) is 26.1 Å². The molecule has 1 N–H and O–H groups in total. The summed E-state index contributed by atoms with van der Waals surface area (Å²) in [4.78, 5) is 11.8. The molecule has 21 heavy (non-hydrogen) atoms. The van der Waals surface area contributed by atoms with Crippen molar-refractivity contribution in [1.29, 1.82) is 0 Å². The Hall–Kier alpha value is -1.40. The van der Waals surface area contributed by atoms with Gasteiger partial charge in [-0.2, -0.15) is 0 Å². The van der Waals surface area contributed by atoms with Crippen LogP contribution in [-0.2, 0) is 21.2 Å². The molecule has 0 radical (unpaired) electrons. The number of hydrogen-bond donors (Lipinski definition) is 1. The Bertz CT molecular complexity index is 541. The minimum Gasteiger partial charge on any atom is -0.354 e. The standard InChI is InChI=1S/C15H24N2O3S/c1-13(2)12-17(21(3,19)20)10-9-16-15(18)11-14-7-5-4-6-8-14/h4-8,13H,9-12H2,1-3H3,(H,16,18). The van der Waals surface area contributed by atoms with Gasteiger partial charge in [0.2, 0.25) is 15.9 Å². The van der Waals surface area contributed by atoms with Crippen LogP contribution in [0, 0.1) is 5.92 Å². The monoisotopic (exact) mass is 312 g/mol. The Morgan fingerprint density at radius 2 is 1.86 bits per heavy atom. The molecule has 0 bridgehead atoms. The number of amides is 1. The molecule has 0 aliphatic carbocycles. The molecule has 5 nitrogen and oxygen atoms in total. The normalized spacial score (nSPS) is 11.9. The van der Waals surface area contributed by atoms with E-state index in [1.165, 1.54) is 10.6 Å². The number of sulfonamides is 1. The summed E-state index contributed by atoms with van der Waals surface area (Å²) in [6.45, 7) is 5.02. The average Bonchev–Trinajstić information content (AvgIpc) is 2.37. The highest BCUT2D eigenvalue weighted by atomic mass is 32.2. The summed E-state index contributed by atoms with van der Waals surface area (Å²) in [6, 6.07) is 9.45. The molecular formula is C15H24N2O3S. The number of nitrogens with one attached hydrogen (secondary N) is 1. The van der Waals surface area contributed by atoms with E-state index in [1.54, 1.807) is 0 Å². The molecule has 1 amide bonds. The van der Waals surface area contributed by atoms with Crippen LogP contribution < -0.4 is 5.32 Å². The highest BCUT2D eigenvalue weighted by molar-refractivity contribution is 7.88. The first kappa shape index (κ1) is 17.7. The summed E-state index contributed by atoms with van der Waals surface area (Å²) in [6.07, 6.45) is 1.51. The van der Waals surface area contributed by atoms with Gasteiger partial charge in [-0.05, 0) is 11.5 Å². The topological polar surface area (TPSA) is 66.5 Å². The van der Waals surface area contributed by atoms with Gasteiger partial charge < -0.3 is 5.32 Å². The summed E-state index contributed by atoms with van der Waals surface area (Å²) in [5, 5.41) is 2.76. The second-order valence-electron chi connectivity index (χ2n) is 5.53. The van der Waals surface area contributed by atoms with Crippen molar-refractivity contribution >= 4 is 15.9 Å². The lowest BCUT2D eigenvalue weighted by Gasteiger charge is -2.22. The van der Waals surface area contributed by atoms with E-state index in [9.17, 15) is 13.2 Å². The van der Waals surface area contributed by atoms with Crippen LogP contribution in [-0.4, -0.2) is 44.5 Å². The van der Waals surface area contributed by atoms with Crippen molar-refractivity contribution in [2.24, 2.45) is 5.92 Å². The van der Waals surface area contributed by atoms with Crippen LogP contribution in [0.1, 0.15) is 19.4 Å². The van der Waals surface area contributed by atoms with Crippen LogP contribution in [0.15, 0.2) is 30.3 Å². The molecule has 1 rings (SSSR count). The van der Waals surface area contributed by atoms with Crippen molar-refractivity contribution in [3.05, 3.63) is 35.9 Å². The quantitative estimate of drug-likeness (QED) is 0.786. The fourth-order valence-electron chi connectivity index (χ4n) is 1.96. The number of carbonyl (C=O) groups is 1. The number of rotatable bonds is 8. The van der Waals surface area contributed by atoms with Gasteiger partial charge in [0.15, 0.2) is 0 Å². The Labute approximate surface area is 127 Å². The van der Waals surface area contributed by atoms with Crippen LogP contribution in [0.5, 0.6) is 0 Å². The first-order valence-corrected chi connectivity index (χ1v) is 8.89. The second kappa shape index (κ2) is 8.14. The molecule has 0 aromatic heterocycles. The lowest BCUT2D eigenvalue weighted by atomic mass is 10.1. The molecule has 0 aliphatic rings. The molecule has 0 spiro atoms. The van der Waals surface area contributed by atoms with Crippen molar-refractivity contribution in [3.8, 4) is 0 Å². The highest BCUT2D eigenvalue weighted by Crippen LogP contribution is 2.03. The average molecular weight is 312 g/mol. The summed E-state index contributed by atoms with van der Waals surface area (Å²) in [5.74, 6) is 0.152. The molecule has 0 aliphatic heterocycles. The minimum atomic E-state index is -3.23. The smallest absolute Gasteiger partial charge is 0.224 e. The van der Waals surface area contributed by atoms with Crippen LogP contribution >= 0.6 is 0 Å². The number of carbonyl (C=O) groups excluding carboxylic acids is 1. The van der Waals surface area contributed by atoms with Crippen molar-refractivity contribution < 1.29 is 13.2 Å². The highest BCUT2D eigenvalue weighted by Gasteiger charge is 2.17. The van der Waals surface area contributed by atoms with E-state index in [0.717, 1.165) is 5.56 Å². The fourth-order valence-corrected chi connectivity index (χ4v) is 2.96. The fraction of sp³-hybridized carbons (Fsp3) is 0.533. The van der Waals surface area contributed by atoms with Gasteiger partial charge in [-0.3, -0.25) is 4.79 Å². The third-order valence-electron chi connectivity index (χ3n) is 2.93. The Kier molecular flexibility index (Phi) is 6.84. The minimum absolute atomic E-state index is 0.0980. The van der Waals surface area contributed by atoms with Crippen LogP contribution in [0.3, 0.4) is 0 Å². The Morgan fingerprint density at radius 3 is 2.38 bits per heavy atom. The van der Waals surface area contributed by atoms with Crippen molar-refractivity contribution in [3.63, 3.8) is 0 Å². The lowest BCUT2D eigenvalue weighted by molar-refractivity contribution is -0.120. The summed E-state index contributed by atoms with van der Waals surface area (Å²) < 4.78 is 24.7. The number of benzene rings is 1. The van der Waals surface area contributed by atoms with Crippen molar-refractivity contribution in [2.75, 3.05) is 25.9 Å². The molecule has 0 saturated heterocycles.